The lowest BCUT2D eigenvalue weighted by Gasteiger charge is -2.17. The highest BCUT2D eigenvalue weighted by Gasteiger charge is 2.46. The van der Waals surface area contributed by atoms with Crippen LogP contribution in [0.15, 0.2) is 6.33 Å². The Hall–Kier alpha value is -1.25. The van der Waals surface area contributed by atoms with E-state index in [-0.39, 0.29) is 5.82 Å². The number of phosphoric ester groups is 1. The highest BCUT2D eigenvalue weighted by Crippen LogP contribution is 2.57. The number of carbonyl (C=O) groups excluding carboxylic acids is 1. The number of hydrogen-bond acceptors (Lipinski definition) is 10. The normalized spacial score (nSPS) is 29.5. The molecular weight excluding hydrogens is 390 g/mol. The number of ether oxygens (including phenoxy) is 1. The minimum Gasteiger partial charge on any atom is -0.387 e. The van der Waals surface area contributed by atoms with Crippen molar-refractivity contribution in [1.82, 2.24) is 14.8 Å². The fourth-order valence-corrected chi connectivity index (χ4v) is 3.52. The molecular formula is C8H14N4O11P2. The Morgan fingerprint density at radius 1 is 1.32 bits per heavy atom. The number of phosphoric acid groups is 2. The lowest BCUT2D eigenvalue weighted by atomic mass is 10.1. The van der Waals surface area contributed by atoms with Gasteiger partial charge in [-0.1, -0.05) is 0 Å². The maximum atomic E-state index is 11.3. The first kappa shape index (κ1) is 20.1. The molecule has 0 spiro atoms. The zero-order chi connectivity index (χ0) is 19.0. The molecule has 5 atom stereocenters. The molecule has 1 fully saturated rings. The fourth-order valence-electron chi connectivity index (χ4n) is 1.92. The number of aliphatic hydroxyl groups excluding tert-OH is 2. The van der Waals surface area contributed by atoms with Gasteiger partial charge in [0.1, 0.15) is 24.6 Å². The van der Waals surface area contributed by atoms with Crippen LogP contribution >= 0.6 is 15.6 Å². The van der Waals surface area contributed by atoms with E-state index in [0.717, 1.165) is 11.0 Å². The minimum atomic E-state index is -5.30. The van der Waals surface area contributed by atoms with E-state index in [9.17, 15) is 24.1 Å². The Labute approximate surface area is 138 Å². The fraction of sp³-hybridized carbons (Fsp3) is 0.625. The van der Waals surface area contributed by atoms with E-state index in [1.165, 1.54) is 0 Å². The second-order valence-electron chi connectivity index (χ2n) is 4.80. The van der Waals surface area contributed by atoms with Crippen LogP contribution in [0.1, 0.15) is 16.8 Å². The molecule has 0 radical (unpaired) electrons. The number of rotatable bonds is 7. The molecule has 25 heavy (non-hydrogen) atoms. The van der Waals surface area contributed by atoms with Crippen LogP contribution in [0.2, 0.25) is 0 Å². The topological polar surface area (TPSA) is 237 Å². The quantitative estimate of drug-likeness (QED) is 0.253. The van der Waals surface area contributed by atoms with Crippen LogP contribution in [-0.4, -0.2) is 70.5 Å². The number of hydrogen-bond donors (Lipinski definition) is 6. The van der Waals surface area contributed by atoms with Crippen LogP contribution in [0, 0.1) is 0 Å². The van der Waals surface area contributed by atoms with Gasteiger partial charge in [0.05, 0.1) is 6.61 Å². The van der Waals surface area contributed by atoms with Crippen molar-refractivity contribution < 1.29 is 52.4 Å². The Bertz CT molecular complexity index is 733. The van der Waals surface area contributed by atoms with Gasteiger partial charge < -0.3 is 35.4 Å². The van der Waals surface area contributed by atoms with Gasteiger partial charge in [-0.25, -0.2) is 18.8 Å². The second kappa shape index (κ2) is 7.17. The molecule has 1 aromatic heterocycles. The molecule has 0 aliphatic carbocycles. The molecule has 7 N–H and O–H groups in total. The van der Waals surface area contributed by atoms with Crippen LogP contribution in [0.5, 0.6) is 0 Å². The molecule has 17 heteroatoms. The Morgan fingerprint density at radius 2 is 1.96 bits per heavy atom. The van der Waals surface area contributed by atoms with E-state index in [0.29, 0.717) is 0 Å². The predicted molar refractivity (Wildman–Crippen MR) is 73.4 cm³/mol. The zero-order valence-electron chi connectivity index (χ0n) is 12.1. The maximum Gasteiger partial charge on any atom is 0.481 e. The number of nitrogens with zero attached hydrogens (tertiary/aromatic N) is 3. The van der Waals surface area contributed by atoms with Gasteiger partial charge in [0.25, 0.3) is 5.91 Å². The third kappa shape index (κ3) is 5.12. The molecule has 2 heterocycles. The molecule has 1 aromatic rings. The summed E-state index contributed by atoms with van der Waals surface area (Å²) in [6.45, 7) is -0.861. The van der Waals surface area contributed by atoms with Crippen molar-refractivity contribution in [3.8, 4) is 0 Å². The number of aliphatic hydroxyl groups is 2. The lowest BCUT2D eigenvalue weighted by Crippen LogP contribution is -2.33. The van der Waals surface area contributed by atoms with Crippen molar-refractivity contribution in [1.29, 1.82) is 0 Å². The standard InChI is InChI=1S/C8H14N4O11P2/c9-6(15)7-10-2-12(11-7)8-5(14)4(13)3(22-8)1-21-25(19,20)23-24(16,17)18/h2-5,8,13-14H,1H2,(H2,9,15)(H,19,20)(H2,16,17,18)/t3-,4-,5-,8-/m1/s1. The van der Waals surface area contributed by atoms with Gasteiger partial charge in [-0.05, 0) is 0 Å². The summed E-state index contributed by atoms with van der Waals surface area (Å²) in [5.74, 6) is -1.32. The Kier molecular flexibility index (Phi) is 5.75. The van der Waals surface area contributed by atoms with Crippen LogP contribution < -0.4 is 5.73 Å². The molecule has 1 amide bonds. The molecule has 15 nitrogen and oxygen atoms in total. The molecule has 142 valence electrons. The molecule has 1 saturated heterocycles. The summed E-state index contributed by atoms with van der Waals surface area (Å²) >= 11 is 0. The molecule has 0 saturated carbocycles. The van der Waals surface area contributed by atoms with E-state index >= 15 is 0 Å². The number of primary amides is 1. The second-order valence-corrected chi connectivity index (χ2v) is 7.62. The number of aromatic nitrogens is 3. The monoisotopic (exact) mass is 404 g/mol. The number of nitrogens with two attached hydrogens (primary N) is 1. The highest BCUT2D eigenvalue weighted by atomic mass is 31.3. The highest BCUT2D eigenvalue weighted by molar-refractivity contribution is 7.60. The van der Waals surface area contributed by atoms with E-state index in [4.69, 9.17) is 25.2 Å². The van der Waals surface area contributed by atoms with Crippen molar-refractivity contribution in [2.45, 2.75) is 24.5 Å². The molecule has 1 aliphatic rings. The first-order chi connectivity index (χ1) is 11.4. The van der Waals surface area contributed by atoms with Crippen LogP contribution in [0.25, 0.3) is 0 Å². The lowest BCUT2D eigenvalue weighted by molar-refractivity contribution is -0.0580. The molecule has 1 unspecified atom stereocenters. The van der Waals surface area contributed by atoms with Gasteiger partial charge in [0.15, 0.2) is 6.23 Å². The smallest absolute Gasteiger partial charge is 0.387 e. The summed E-state index contributed by atoms with van der Waals surface area (Å²) in [5, 5.41) is 23.4. The number of carbonyl (C=O) groups is 1. The summed E-state index contributed by atoms with van der Waals surface area (Å²) < 4.78 is 35.8. The molecule has 0 aromatic carbocycles. The van der Waals surface area contributed by atoms with E-state index < -0.39 is 52.7 Å². The van der Waals surface area contributed by atoms with Gasteiger partial charge in [-0.3, -0.25) is 9.32 Å². The zero-order valence-corrected chi connectivity index (χ0v) is 13.9. The average molecular weight is 404 g/mol. The van der Waals surface area contributed by atoms with Crippen molar-refractivity contribution in [3.63, 3.8) is 0 Å². The minimum absolute atomic E-state index is 0.375. The van der Waals surface area contributed by atoms with Gasteiger partial charge in [-0.2, -0.15) is 4.31 Å². The summed E-state index contributed by atoms with van der Waals surface area (Å²) in [6, 6.07) is 0. The number of amides is 1. The molecule has 2 rings (SSSR count). The molecule has 0 bridgehead atoms. The maximum absolute atomic E-state index is 11.3. The van der Waals surface area contributed by atoms with E-state index in [1.54, 1.807) is 0 Å². The van der Waals surface area contributed by atoms with E-state index in [1.807, 2.05) is 0 Å². The van der Waals surface area contributed by atoms with Gasteiger partial charge in [0.2, 0.25) is 5.82 Å². The van der Waals surface area contributed by atoms with Gasteiger partial charge >= 0.3 is 15.6 Å². The predicted octanol–water partition coefficient (Wildman–Crippen LogP) is -2.78. The van der Waals surface area contributed by atoms with Crippen LogP contribution in [-0.2, 0) is 22.7 Å². The van der Waals surface area contributed by atoms with Gasteiger partial charge in [0, 0.05) is 0 Å². The summed E-state index contributed by atoms with van der Waals surface area (Å²) in [5.41, 5.74) is 4.97. The first-order valence-electron chi connectivity index (χ1n) is 6.36. The van der Waals surface area contributed by atoms with Crippen LogP contribution in [0.3, 0.4) is 0 Å². The van der Waals surface area contributed by atoms with Crippen LogP contribution in [0.4, 0.5) is 0 Å². The summed E-state index contributed by atoms with van der Waals surface area (Å²) in [4.78, 5) is 40.6. The Morgan fingerprint density at radius 3 is 2.48 bits per heavy atom. The van der Waals surface area contributed by atoms with Crippen molar-refractivity contribution in [2.24, 2.45) is 5.73 Å². The first-order valence-corrected chi connectivity index (χ1v) is 9.39. The van der Waals surface area contributed by atoms with Crippen molar-refractivity contribution in [3.05, 3.63) is 12.2 Å². The van der Waals surface area contributed by atoms with Gasteiger partial charge in [-0.15, -0.1) is 5.10 Å². The SMILES string of the molecule is NC(=O)c1ncn([C@@H]2O[C@H](COP(=O)(O)OP(=O)(O)O)[C@@H](O)[C@H]2O)n1. The summed E-state index contributed by atoms with van der Waals surface area (Å²) in [7, 11) is -10.4. The Balaban J connectivity index is 2.03. The third-order valence-electron chi connectivity index (χ3n) is 2.94. The largest absolute Gasteiger partial charge is 0.481 e. The summed E-state index contributed by atoms with van der Waals surface area (Å²) in [6.07, 6.45) is -4.93. The average Bonchev–Trinajstić information content (AvgIpc) is 3.02. The van der Waals surface area contributed by atoms with E-state index in [2.05, 4.69) is 18.9 Å². The van der Waals surface area contributed by atoms with Crippen molar-refractivity contribution >= 4 is 21.6 Å². The van der Waals surface area contributed by atoms with Crippen molar-refractivity contribution in [2.75, 3.05) is 6.61 Å². The molecule has 1 aliphatic heterocycles. The third-order valence-corrected chi connectivity index (χ3v) is 5.09.